The van der Waals surface area contributed by atoms with Crippen LogP contribution in [0.25, 0.3) is 0 Å². The number of hydrogen-bond acceptors (Lipinski definition) is 6. The lowest BCUT2D eigenvalue weighted by molar-refractivity contribution is -0.118. The summed E-state index contributed by atoms with van der Waals surface area (Å²) in [4.78, 5) is 31.0. The molecule has 1 aliphatic rings. The first-order valence-electron chi connectivity index (χ1n) is 11.1. The summed E-state index contributed by atoms with van der Waals surface area (Å²) < 4.78 is 32.2. The second-order valence-electron chi connectivity index (χ2n) is 8.24. The van der Waals surface area contributed by atoms with Crippen LogP contribution in [0.4, 0.5) is 10.5 Å². The van der Waals surface area contributed by atoms with E-state index in [-0.39, 0.29) is 19.0 Å². The average Bonchev–Trinajstić information content (AvgIpc) is 3.24. The van der Waals surface area contributed by atoms with E-state index in [9.17, 15) is 18.0 Å². The number of amides is 2. The van der Waals surface area contributed by atoms with Crippen molar-refractivity contribution in [3.63, 3.8) is 0 Å². The second kappa shape index (κ2) is 10.7. The van der Waals surface area contributed by atoms with Crippen LogP contribution in [-0.2, 0) is 23.8 Å². The number of rotatable bonds is 8. The highest BCUT2D eigenvalue weighted by molar-refractivity contribution is 7.85. The standard InChI is InChI=1S/C26H25N3O6S/c1-36(32,33)34-17-22-16-29(26(31)35-22)21-14-12-20(13-15-21)24(27)28-25(30)23(18-8-4-2-5-9-18)19-10-6-3-7-11-19/h2-15,22-23H,16-17H2,1H3,(H2,27,28,30). The number of ether oxygens (including phenoxy) is 1. The lowest BCUT2D eigenvalue weighted by Crippen LogP contribution is -2.26. The Balaban J connectivity index is 1.50. The van der Waals surface area contributed by atoms with Gasteiger partial charge in [0.2, 0.25) is 0 Å². The third-order valence-electron chi connectivity index (χ3n) is 5.56. The maximum atomic E-state index is 13.2. The van der Waals surface area contributed by atoms with E-state index >= 15 is 0 Å². The van der Waals surface area contributed by atoms with Crippen LogP contribution in [0.15, 0.2) is 89.9 Å². The molecule has 1 heterocycles. The van der Waals surface area contributed by atoms with E-state index in [2.05, 4.69) is 4.99 Å². The number of hydrogen-bond donors (Lipinski definition) is 1. The van der Waals surface area contributed by atoms with E-state index in [0.29, 0.717) is 11.3 Å². The number of anilines is 1. The average molecular weight is 508 g/mol. The van der Waals surface area contributed by atoms with Crippen molar-refractivity contribution < 1.29 is 26.9 Å². The van der Waals surface area contributed by atoms with Gasteiger partial charge >= 0.3 is 6.09 Å². The van der Waals surface area contributed by atoms with Gasteiger partial charge in [-0.25, -0.2) is 4.79 Å². The molecule has 3 aromatic carbocycles. The Labute approximate surface area is 209 Å². The van der Waals surface area contributed by atoms with Gasteiger partial charge in [0.15, 0.2) is 0 Å². The summed E-state index contributed by atoms with van der Waals surface area (Å²) in [7, 11) is -3.64. The molecular weight excluding hydrogens is 482 g/mol. The fourth-order valence-corrected chi connectivity index (χ4v) is 4.25. The van der Waals surface area contributed by atoms with E-state index < -0.39 is 34.1 Å². The summed E-state index contributed by atoms with van der Waals surface area (Å²) in [5, 5.41) is 0. The normalized spacial score (nSPS) is 16.3. The lowest BCUT2D eigenvalue weighted by Gasteiger charge is -2.15. The zero-order valence-electron chi connectivity index (χ0n) is 19.5. The molecule has 4 rings (SSSR count). The Kier molecular flexibility index (Phi) is 7.47. The molecule has 1 saturated heterocycles. The van der Waals surface area contributed by atoms with Crippen molar-refractivity contribution in [2.45, 2.75) is 12.0 Å². The monoisotopic (exact) mass is 507 g/mol. The Bertz CT molecular complexity index is 1320. The summed E-state index contributed by atoms with van der Waals surface area (Å²) in [5.74, 6) is -0.951. The van der Waals surface area contributed by atoms with E-state index in [1.54, 1.807) is 24.3 Å². The SMILES string of the molecule is CS(=O)(=O)OCC1CN(c2ccc(C(N)=NC(=O)C(c3ccccc3)c3ccccc3)cc2)C(=O)O1. The van der Waals surface area contributed by atoms with Crippen LogP contribution in [0, 0.1) is 0 Å². The molecule has 10 heteroatoms. The van der Waals surface area contributed by atoms with Crippen LogP contribution in [0.2, 0.25) is 0 Å². The molecule has 3 aromatic rings. The van der Waals surface area contributed by atoms with Crippen molar-refractivity contribution in [1.82, 2.24) is 0 Å². The molecule has 2 amide bonds. The first-order valence-corrected chi connectivity index (χ1v) is 12.9. The van der Waals surface area contributed by atoms with E-state index in [1.165, 1.54) is 4.90 Å². The molecule has 0 spiro atoms. The van der Waals surface area contributed by atoms with Gasteiger partial charge in [0, 0.05) is 11.3 Å². The van der Waals surface area contributed by atoms with Gasteiger partial charge in [-0.1, -0.05) is 60.7 Å². The Morgan fingerprint density at radius 1 is 1.03 bits per heavy atom. The molecule has 0 saturated carbocycles. The fraction of sp³-hybridized carbons (Fsp3) is 0.192. The Hall–Kier alpha value is -4.02. The Morgan fingerprint density at radius 2 is 1.58 bits per heavy atom. The molecule has 2 N–H and O–H groups in total. The van der Waals surface area contributed by atoms with Crippen molar-refractivity contribution in [2.75, 3.05) is 24.3 Å². The van der Waals surface area contributed by atoms with Gasteiger partial charge in [-0.2, -0.15) is 13.4 Å². The largest absolute Gasteiger partial charge is 0.441 e. The van der Waals surface area contributed by atoms with Crippen LogP contribution >= 0.6 is 0 Å². The van der Waals surface area contributed by atoms with Gasteiger partial charge < -0.3 is 10.5 Å². The third kappa shape index (κ3) is 6.15. The number of aliphatic imine (C=N–C) groups is 1. The summed E-state index contributed by atoms with van der Waals surface area (Å²) >= 11 is 0. The third-order valence-corrected chi connectivity index (χ3v) is 6.12. The smallest absolute Gasteiger partial charge is 0.414 e. The highest BCUT2D eigenvalue weighted by atomic mass is 32.2. The molecule has 1 fully saturated rings. The number of nitrogens with two attached hydrogens (primary N) is 1. The van der Waals surface area contributed by atoms with E-state index in [4.69, 9.17) is 14.7 Å². The summed E-state index contributed by atoms with van der Waals surface area (Å²) in [6.45, 7) is -0.129. The molecule has 0 radical (unpaired) electrons. The number of nitrogens with zero attached hydrogens (tertiary/aromatic N) is 2. The van der Waals surface area contributed by atoms with Crippen molar-refractivity contribution in [3.8, 4) is 0 Å². The Morgan fingerprint density at radius 3 is 2.11 bits per heavy atom. The van der Waals surface area contributed by atoms with Crippen LogP contribution in [0.1, 0.15) is 22.6 Å². The highest BCUT2D eigenvalue weighted by Crippen LogP contribution is 2.27. The number of carbonyl (C=O) groups is 2. The van der Waals surface area contributed by atoms with Gasteiger partial charge in [-0.05, 0) is 35.4 Å². The number of amidine groups is 1. The molecule has 1 unspecified atom stereocenters. The predicted molar refractivity (Wildman–Crippen MR) is 135 cm³/mol. The van der Waals surface area contributed by atoms with Gasteiger partial charge in [-0.3, -0.25) is 13.9 Å². The minimum atomic E-state index is -3.64. The predicted octanol–water partition coefficient (Wildman–Crippen LogP) is 3.05. The molecule has 9 nitrogen and oxygen atoms in total. The van der Waals surface area contributed by atoms with Crippen molar-refractivity contribution >= 4 is 33.6 Å². The first-order chi connectivity index (χ1) is 17.2. The maximum absolute atomic E-state index is 13.2. The topological polar surface area (TPSA) is 128 Å². The number of carbonyl (C=O) groups excluding carboxylic acids is 2. The molecule has 36 heavy (non-hydrogen) atoms. The molecule has 1 atom stereocenters. The number of cyclic esters (lactones) is 1. The quantitative estimate of drug-likeness (QED) is 0.282. The maximum Gasteiger partial charge on any atom is 0.414 e. The van der Waals surface area contributed by atoms with Gasteiger partial charge in [-0.15, -0.1) is 0 Å². The van der Waals surface area contributed by atoms with Gasteiger partial charge in [0.25, 0.3) is 16.0 Å². The molecular formula is C26H25N3O6S. The molecule has 0 aliphatic carbocycles. The fourth-order valence-electron chi connectivity index (χ4n) is 3.85. The second-order valence-corrected chi connectivity index (χ2v) is 9.89. The highest BCUT2D eigenvalue weighted by Gasteiger charge is 2.33. The van der Waals surface area contributed by atoms with Crippen LogP contribution in [0.5, 0.6) is 0 Å². The van der Waals surface area contributed by atoms with E-state index in [1.807, 2.05) is 60.7 Å². The zero-order valence-corrected chi connectivity index (χ0v) is 20.3. The van der Waals surface area contributed by atoms with Crippen molar-refractivity contribution in [2.24, 2.45) is 10.7 Å². The van der Waals surface area contributed by atoms with Crippen LogP contribution in [-0.4, -0.2) is 51.8 Å². The number of benzene rings is 3. The van der Waals surface area contributed by atoms with E-state index in [0.717, 1.165) is 17.4 Å². The molecule has 1 aliphatic heterocycles. The minimum Gasteiger partial charge on any atom is -0.441 e. The van der Waals surface area contributed by atoms with Gasteiger partial charge in [0.05, 0.1) is 18.7 Å². The molecule has 0 aromatic heterocycles. The van der Waals surface area contributed by atoms with Crippen molar-refractivity contribution in [1.29, 1.82) is 0 Å². The molecule has 186 valence electrons. The van der Waals surface area contributed by atoms with Gasteiger partial charge in [0.1, 0.15) is 18.5 Å². The zero-order chi connectivity index (χ0) is 25.7. The summed E-state index contributed by atoms with van der Waals surface area (Å²) in [6, 6.07) is 25.3. The first kappa shape index (κ1) is 25.1. The molecule has 0 bridgehead atoms. The van der Waals surface area contributed by atoms with Crippen LogP contribution in [0.3, 0.4) is 0 Å². The van der Waals surface area contributed by atoms with Crippen molar-refractivity contribution in [3.05, 3.63) is 102 Å². The minimum absolute atomic E-state index is 0.0480. The summed E-state index contributed by atoms with van der Waals surface area (Å²) in [5.41, 5.74) is 8.82. The van der Waals surface area contributed by atoms with Crippen LogP contribution < -0.4 is 10.6 Å². The summed E-state index contributed by atoms with van der Waals surface area (Å²) in [6.07, 6.45) is -0.405. The lowest BCUT2D eigenvalue weighted by atomic mass is 9.90.